The maximum absolute atomic E-state index is 13.3. The minimum absolute atomic E-state index is 0.0115. The second-order valence-electron chi connectivity index (χ2n) is 8.37. The Labute approximate surface area is 170 Å². The quantitative estimate of drug-likeness (QED) is 0.811. The van der Waals surface area contributed by atoms with Gasteiger partial charge in [-0.05, 0) is 54.0 Å². The van der Waals surface area contributed by atoms with Crippen molar-refractivity contribution in [2.45, 2.75) is 57.9 Å². The number of rotatable bonds is 4. The zero-order valence-electron chi connectivity index (χ0n) is 16.7. The second-order valence-corrected chi connectivity index (χ2v) is 9.32. The summed E-state index contributed by atoms with van der Waals surface area (Å²) in [4.78, 5) is 28.8. The number of fused-ring (bicyclic) bond motifs is 1. The smallest absolute Gasteiger partial charge is 0.235 e. The molecule has 1 aromatic heterocycles. The molecule has 0 unspecified atom stereocenters. The fraction of sp³-hybridized carbons (Fsp3) is 0.478. The third kappa shape index (κ3) is 3.48. The first-order chi connectivity index (χ1) is 13.5. The van der Waals surface area contributed by atoms with Gasteiger partial charge in [-0.3, -0.25) is 9.59 Å². The molecule has 0 spiro atoms. The van der Waals surface area contributed by atoms with E-state index >= 15 is 0 Å². The Bertz CT molecular complexity index is 867. The van der Waals surface area contributed by atoms with Crippen LogP contribution in [0.4, 0.5) is 5.69 Å². The molecule has 2 amide bonds. The SMILES string of the molecule is CC(C)C(=O)N1CCc2ccc(NC(=O)C3(c4cccs4)CCCC3)cc2C1. The molecule has 1 saturated carbocycles. The number of benzene rings is 1. The van der Waals surface area contributed by atoms with Crippen molar-refractivity contribution in [1.29, 1.82) is 0 Å². The molecule has 1 aliphatic carbocycles. The predicted molar refractivity (Wildman–Crippen MR) is 113 cm³/mol. The van der Waals surface area contributed by atoms with Crippen molar-refractivity contribution < 1.29 is 9.59 Å². The summed E-state index contributed by atoms with van der Waals surface area (Å²) in [5, 5.41) is 5.25. The number of anilines is 1. The molecule has 1 aliphatic heterocycles. The summed E-state index contributed by atoms with van der Waals surface area (Å²) in [6, 6.07) is 10.3. The molecule has 1 N–H and O–H groups in total. The number of nitrogens with zero attached hydrogens (tertiary/aromatic N) is 1. The van der Waals surface area contributed by atoms with Gasteiger partial charge in [-0.1, -0.05) is 38.8 Å². The summed E-state index contributed by atoms with van der Waals surface area (Å²) in [6.45, 7) is 5.30. The number of hydrogen-bond donors (Lipinski definition) is 1. The van der Waals surface area contributed by atoms with Crippen molar-refractivity contribution in [3.8, 4) is 0 Å². The monoisotopic (exact) mass is 396 g/mol. The normalized spacial score (nSPS) is 18.2. The van der Waals surface area contributed by atoms with E-state index in [1.165, 1.54) is 10.4 Å². The lowest BCUT2D eigenvalue weighted by Crippen LogP contribution is -2.39. The van der Waals surface area contributed by atoms with Crippen molar-refractivity contribution in [2.75, 3.05) is 11.9 Å². The highest BCUT2D eigenvalue weighted by Gasteiger charge is 2.43. The Hall–Kier alpha value is -2.14. The summed E-state index contributed by atoms with van der Waals surface area (Å²) in [5.41, 5.74) is 2.88. The van der Waals surface area contributed by atoms with Crippen LogP contribution in [0, 0.1) is 5.92 Å². The van der Waals surface area contributed by atoms with Crippen LogP contribution in [0.5, 0.6) is 0 Å². The molecule has 0 saturated heterocycles. The number of carbonyl (C=O) groups excluding carboxylic acids is 2. The molecule has 4 rings (SSSR count). The zero-order chi connectivity index (χ0) is 19.7. The van der Waals surface area contributed by atoms with E-state index in [1.807, 2.05) is 30.9 Å². The van der Waals surface area contributed by atoms with Crippen LogP contribution < -0.4 is 5.32 Å². The van der Waals surface area contributed by atoms with Gasteiger partial charge in [0.2, 0.25) is 11.8 Å². The molecule has 0 radical (unpaired) electrons. The van der Waals surface area contributed by atoms with Gasteiger partial charge in [0.05, 0.1) is 5.41 Å². The molecule has 2 aliphatic rings. The van der Waals surface area contributed by atoms with Crippen LogP contribution >= 0.6 is 11.3 Å². The summed E-state index contributed by atoms with van der Waals surface area (Å²) in [7, 11) is 0. The van der Waals surface area contributed by atoms with Gasteiger partial charge in [-0.2, -0.15) is 0 Å². The van der Waals surface area contributed by atoms with Crippen LogP contribution in [0.15, 0.2) is 35.7 Å². The third-order valence-electron chi connectivity index (χ3n) is 6.17. The molecular weight excluding hydrogens is 368 g/mol. The average molecular weight is 397 g/mol. The van der Waals surface area contributed by atoms with Gasteiger partial charge in [-0.25, -0.2) is 0 Å². The van der Waals surface area contributed by atoms with Crippen molar-refractivity contribution in [2.24, 2.45) is 5.92 Å². The third-order valence-corrected chi connectivity index (χ3v) is 7.24. The highest BCUT2D eigenvalue weighted by atomic mass is 32.1. The van der Waals surface area contributed by atoms with E-state index < -0.39 is 0 Å². The van der Waals surface area contributed by atoms with Gasteiger partial charge in [0.25, 0.3) is 0 Å². The van der Waals surface area contributed by atoms with Gasteiger partial charge < -0.3 is 10.2 Å². The molecule has 2 aromatic rings. The minimum Gasteiger partial charge on any atom is -0.338 e. The van der Waals surface area contributed by atoms with Crippen LogP contribution in [0.25, 0.3) is 0 Å². The molecule has 1 aromatic carbocycles. The fourth-order valence-electron chi connectivity index (χ4n) is 4.55. The van der Waals surface area contributed by atoms with Crippen LogP contribution in [-0.4, -0.2) is 23.3 Å². The fourth-order valence-corrected chi connectivity index (χ4v) is 5.54. The Balaban J connectivity index is 1.54. The van der Waals surface area contributed by atoms with Crippen LogP contribution in [0.2, 0.25) is 0 Å². The number of thiophene rings is 1. The minimum atomic E-state index is -0.385. The van der Waals surface area contributed by atoms with E-state index in [4.69, 9.17) is 0 Å². The van der Waals surface area contributed by atoms with E-state index in [0.717, 1.165) is 49.9 Å². The van der Waals surface area contributed by atoms with E-state index in [-0.39, 0.29) is 23.1 Å². The molecule has 2 heterocycles. The molecule has 0 bridgehead atoms. The molecular formula is C23H28N2O2S. The van der Waals surface area contributed by atoms with Gasteiger partial charge >= 0.3 is 0 Å². The van der Waals surface area contributed by atoms with Crippen molar-refractivity contribution in [3.63, 3.8) is 0 Å². The van der Waals surface area contributed by atoms with Crippen molar-refractivity contribution >= 4 is 28.8 Å². The van der Waals surface area contributed by atoms with Gasteiger partial charge in [-0.15, -0.1) is 11.3 Å². The van der Waals surface area contributed by atoms with E-state index in [9.17, 15) is 9.59 Å². The van der Waals surface area contributed by atoms with Crippen LogP contribution in [0.1, 0.15) is 55.5 Å². The number of hydrogen-bond acceptors (Lipinski definition) is 3. The summed E-state index contributed by atoms with van der Waals surface area (Å²) < 4.78 is 0. The van der Waals surface area contributed by atoms with Gasteiger partial charge in [0.1, 0.15) is 0 Å². The Morgan fingerprint density at radius 2 is 1.93 bits per heavy atom. The second kappa shape index (κ2) is 7.70. The van der Waals surface area contributed by atoms with Crippen molar-refractivity contribution in [1.82, 2.24) is 4.90 Å². The number of amides is 2. The lowest BCUT2D eigenvalue weighted by Gasteiger charge is -2.31. The van der Waals surface area contributed by atoms with Gasteiger partial charge in [0.15, 0.2) is 0 Å². The molecule has 1 fully saturated rings. The predicted octanol–water partition coefficient (Wildman–Crippen LogP) is 4.74. The summed E-state index contributed by atoms with van der Waals surface area (Å²) >= 11 is 1.68. The topological polar surface area (TPSA) is 49.4 Å². The highest BCUT2D eigenvalue weighted by Crippen LogP contribution is 2.44. The summed E-state index contributed by atoms with van der Waals surface area (Å²) in [6.07, 6.45) is 4.91. The first kappa shape index (κ1) is 19.2. The van der Waals surface area contributed by atoms with Crippen LogP contribution in [-0.2, 0) is 28.0 Å². The molecule has 5 heteroatoms. The molecule has 148 valence electrons. The Kier molecular flexibility index (Phi) is 5.28. The Morgan fingerprint density at radius 3 is 2.61 bits per heavy atom. The highest BCUT2D eigenvalue weighted by molar-refractivity contribution is 7.10. The molecule has 4 nitrogen and oxygen atoms in total. The van der Waals surface area contributed by atoms with Crippen LogP contribution in [0.3, 0.4) is 0 Å². The standard InChI is InChI=1S/C23H28N2O2S/c1-16(2)21(26)25-12-9-17-7-8-19(14-18(17)15-25)24-22(27)23(10-3-4-11-23)20-6-5-13-28-20/h5-8,13-14,16H,3-4,9-12,15H2,1-2H3,(H,24,27). The first-order valence-corrected chi connectivity index (χ1v) is 11.1. The first-order valence-electron chi connectivity index (χ1n) is 10.3. The largest absolute Gasteiger partial charge is 0.338 e. The van der Waals surface area contributed by atoms with Crippen molar-refractivity contribution in [3.05, 3.63) is 51.7 Å². The molecule has 28 heavy (non-hydrogen) atoms. The van der Waals surface area contributed by atoms with E-state index in [1.54, 1.807) is 11.3 Å². The maximum atomic E-state index is 13.3. The average Bonchev–Trinajstić information content (AvgIpc) is 3.39. The molecule has 0 atom stereocenters. The number of carbonyl (C=O) groups is 2. The number of nitrogens with one attached hydrogen (secondary N) is 1. The lowest BCUT2D eigenvalue weighted by molar-refractivity contribution is -0.135. The van der Waals surface area contributed by atoms with Gasteiger partial charge in [0, 0.05) is 29.6 Å². The zero-order valence-corrected chi connectivity index (χ0v) is 17.5. The lowest BCUT2D eigenvalue weighted by atomic mass is 9.83. The van der Waals surface area contributed by atoms with E-state index in [2.05, 4.69) is 28.9 Å². The Morgan fingerprint density at radius 1 is 1.14 bits per heavy atom. The van der Waals surface area contributed by atoms with E-state index in [0.29, 0.717) is 6.54 Å². The maximum Gasteiger partial charge on any atom is 0.235 e. The summed E-state index contributed by atoms with van der Waals surface area (Å²) in [5.74, 6) is 0.318.